The Hall–Kier alpha value is -1.35. The molecule has 0 bridgehead atoms. The Morgan fingerprint density at radius 3 is 2.33 bits per heavy atom. The summed E-state index contributed by atoms with van der Waals surface area (Å²) >= 11 is 0. The minimum Gasteiger partial charge on any atom is -0.352 e. The second-order valence-corrected chi connectivity index (χ2v) is 5.19. The van der Waals surface area contributed by atoms with Gasteiger partial charge in [-0.3, -0.25) is 4.79 Å². The number of benzene rings is 1. The molecule has 0 aliphatic heterocycles. The van der Waals surface area contributed by atoms with Crippen LogP contribution in [-0.2, 0) is 11.3 Å². The Morgan fingerprint density at radius 2 is 1.78 bits per heavy atom. The maximum Gasteiger partial charge on any atom is 0.234 e. The van der Waals surface area contributed by atoms with Gasteiger partial charge in [0.25, 0.3) is 0 Å². The van der Waals surface area contributed by atoms with Crippen LogP contribution >= 0.6 is 0 Å². The van der Waals surface area contributed by atoms with Crippen LogP contribution in [0.3, 0.4) is 0 Å². The van der Waals surface area contributed by atoms with E-state index in [-0.39, 0.29) is 11.9 Å². The van der Waals surface area contributed by atoms with Crippen LogP contribution in [0.4, 0.5) is 0 Å². The van der Waals surface area contributed by atoms with Gasteiger partial charge in [0.2, 0.25) is 5.91 Å². The van der Waals surface area contributed by atoms with Gasteiger partial charge in [0.1, 0.15) is 0 Å². The smallest absolute Gasteiger partial charge is 0.234 e. The monoisotopic (exact) mass is 248 g/mol. The molecule has 1 amide bonds. The zero-order chi connectivity index (χ0) is 13.5. The normalized spacial score (nSPS) is 12.5. The number of carbonyl (C=O) groups is 1. The standard InChI is InChI=1S/C15H24N2O/c1-11(2)13(4)17-15(18)10-16-9-14-7-5-12(3)6-8-14/h5-8,11,13,16H,9-10H2,1-4H3,(H,17,18). The number of aryl methyl sites for hydroxylation is 1. The number of hydrogen-bond acceptors (Lipinski definition) is 2. The Bertz CT molecular complexity index is 371. The molecule has 1 aromatic rings. The molecule has 0 spiro atoms. The third-order valence-corrected chi connectivity index (χ3v) is 3.12. The Morgan fingerprint density at radius 1 is 1.17 bits per heavy atom. The molecule has 3 heteroatoms. The summed E-state index contributed by atoms with van der Waals surface area (Å²) in [6, 6.07) is 8.54. The lowest BCUT2D eigenvalue weighted by atomic mass is 10.1. The summed E-state index contributed by atoms with van der Waals surface area (Å²) in [5.41, 5.74) is 2.45. The molecule has 0 radical (unpaired) electrons. The molecule has 1 aromatic carbocycles. The van der Waals surface area contributed by atoms with Gasteiger partial charge in [-0.25, -0.2) is 0 Å². The van der Waals surface area contributed by atoms with Gasteiger partial charge >= 0.3 is 0 Å². The quantitative estimate of drug-likeness (QED) is 0.810. The highest BCUT2D eigenvalue weighted by atomic mass is 16.1. The third kappa shape index (κ3) is 5.32. The Labute approximate surface area is 110 Å². The summed E-state index contributed by atoms with van der Waals surface area (Å²) in [7, 11) is 0. The van der Waals surface area contributed by atoms with Crippen LogP contribution in [0.25, 0.3) is 0 Å². The first kappa shape index (κ1) is 14.7. The van der Waals surface area contributed by atoms with Crippen molar-refractivity contribution in [2.45, 2.75) is 40.3 Å². The summed E-state index contributed by atoms with van der Waals surface area (Å²) in [5.74, 6) is 0.523. The zero-order valence-electron chi connectivity index (χ0n) is 11.8. The highest BCUT2D eigenvalue weighted by Gasteiger charge is 2.09. The van der Waals surface area contributed by atoms with Gasteiger partial charge in [0.15, 0.2) is 0 Å². The molecule has 0 heterocycles. The fourth-order valence-electron chi connectivity index (χ4n) is 1.50. The van der Waals surface area contributed by atoms with Gasteiger partial charge in [-0.1, -0.05) is 43.7 Å². The maximum absolute atomic E-state index is 11.6. The number of hydrogen-bond donors (Lipinski definition) is 2. The van der Waals surface area contributed by atoms with Crippen LogP contribution in [-0.4, -0.2) is 18.5 Å². The lowest BCUT2D eigenvalue weighted by Crippen LogP contribution is -2.41. The van der Waals surface area contributed by atoms with Crippen molar-refractivity contribution in [3.63, 3.8) is 0 Å². The SMILES string of the molecule is Cc1ccc(CNCC(=O)NC(C)C(C)C)cc1. The first-order valence-electron chi connectivity index (χ1n) is 6.54. The van der Waals surface area contributed by atoms with E-state index in [9.17, 15) is 4.79 Å². The molecule has 18 heavy (non-hydrogen) atoms. The van der Waals surface area contributed by atoms with Crippen molar-refractivity contribution >= 4 is 5.91 Å². The summed E-state index contributed by atoms with van der Waals surface area (Å²) in [5, 5.41) is 6.13. The van der Waals surface area contributed by atoms with Crippen LogP contribution in [0.2, 0.25) is 0 Å². The zero-order valence-corrected chi connectivity index (χ0v) is 11.8. The molecule has 0 fully saturated rings. The number of carbonyl (C=O) groups excluding carboxylic acids is 1. The lowest BCUT2D eigenvalue weighted by molar-refractivity contribution is -0.121. The highest BCUT2D eigenvalue weighted by molar-refractivity contribution is 5.78. The molecule has 0 saturated heterocycles. The van der Waals surface area contributed by atoms with Gasteiger partial charge in [-0.15, -0.1) is 0 Å². The van der Waals surface area contributed by atoms with E-state index in [0.717, 1.165) is 6.54 Å². The second kappa shape index (κ2) is 7.17. The molecular formula is C15H24N2O. The first-order chi connectivity index (χ1) is 8.49. The molecule has 0 aliphatic rings. The predicted octanol–water partition coefficient (Wildman–Crippen LogP) is 2.25. The van der Waals surface area contributed by atoms with Crippen LogP contribution in [0, 0.1) is 12.8 Å². The summed E-state index contributed by atoms with van der Waals surface area (Å²) in [6.45, 7) is 9.39. The average molecular weight is 248 g/mol. The first-order valence-corrected chi connectivity index (χ1v) is 6.54. The van der Waals surface area contributed by atoms with Crippen LogP contribution in [0.15, 0.2) is 24.3 Å². The van der Waals surface area contributed by atoms with Crippen molar-refractivity contribution in [3.8, 4) is 0 Å². The Balaban J connectivity index is 2.25. The molecule has 1 unspecified atom stereocenters. The van der Waals surface area contributed by atoms with E-state index < -0.39 is 0 Å². The van der Waals surface area contributed by atoms with Gasteiger partial charge in [0.05, 0.1) is 6.54 Å². The van der Waals surface area contributed by atoms with Crippen molar-refractivity contribution in [2.75, 3.05) is 6.54 Å². The predicted molar refractivity (Wildman–Crippen MR) is 75.3 cm³/mol. The van der Waals surface area contributed by atoms with Crippen molar-refractivity contribution < 1.29 is 4.79 Å². The Kier molecular flexibility index (Phi) is 5.86. The lowest BCUT2D eigenvalue weighted by Gasteiger charge is -2.17. The molecule has 0 aromatic heterocycles. The van der Waals surface area contributed by atoms with Crippen molar-refractivity contribution in [1.29, 1.82) is 0 Å². The van der Waals surface area contributed by atoms with Crippen molar-refractivity contribution in [2.24, 2.45) is 5.92 Å². The largest absolute Gasteiger partial charge is 0.352 e. The van der Waals surface area contributed by atoms with Crippen LogP contribution < -0.4 is 10.6 Å². The molecule has 0 aliphatic carbocycles. The van der Waals surface area contributed by atoms with Gasteiger partial charge < -0.3 is 10.6 Å². The molecule has 100 valence electrons. The average Bonchev–Trinajstić information content (AvgIpc) is 2.31. The van der Waals surface area contributed by atoms with E-state index in [2.05, 4.69) is 55.7 Å². The van der Waals surface area contributed by atoms with Crippen molar-refractivity contribution in [3.05, 3.63) is 35.4 Å². The minimum absolute atomic E-state index is 0.0586. The highest BCUT2D eigenvalue weighted by Crippen LogP contribution is 2.02. The molecule has 1 rings (SSSR count). The van der Waals surface area contributed by atoms with Crippen molar-refractivity contribution in [1.82, 2.24) is 10.6 Å². The second-order valence-electron chi connectivity index (χ2n) is 5.19. The molecule has 2 N–H and O–H groups in total. The molecule has 1 atom stereocenters. The van der Waals surface area contributed by atoms with Crippen LogP contribution in [0.1, 0.15) is 31.9 Å². The van der Waals surface area contributed by atoms with E-state index in [1.54, 1.807) is 0 Å². The van der Waals surface area contributed by atoms with Gasteiger partial charge in [0, 0.05) is 12.6 Å². The third-order valence-electron chi connectivity index (χ3n) is 3.12. The fraction of sp³-hybridized carbons (Fsp3) is 0.533. The van der Waals surface area contributed by atoms with E-state index in [4.69, 9.17) is 0 Å². The van der Waals surface area contributed by atoms with Gasteiger partial charge in [-0.05, 0) is 25.3 Å². The molecular weight excluding hydrogens is 224 g/mol. The van der Waals surface area contributed by atoms with E-state index in [1.807, 2.05) is 6.92 Å². The van der Waals surface area contributed by atoms with E-state index in [0.29, 0.717) is 12.5 Å². The molecule has 3 nitrogen and oxygen atoms in total. The fourth-order valence-corrected chi connectivity index (χ4v) is 1.50. The van der Waals surface area contributed by atoms with E-state index >= 15 is 0 Å². The maximum atomic E-state index is 11.6. The number of rotatable bonds is 6. The van der Waals surface area contributed by atoms with Gasteiger partial charge in [-0.2, -0.15) is 0 Å². The summed E-state index contributed by atoms with van der Waals surface area (Å²) in [4.78, 5) is 11.6. The number of amides is 1. The topological polar surface area (TPSA) is 41.1 Å². The summed E-state index contributed by atoms with van der Waals surface area (Å²) < 4.78 is 0. The molecule has 0 saturated carbocycles. The van der Waals surface area contributed by atoms with Crippen LogP contribution in [0.5, 0.6) is 0 Å². The van der Waals surface area contributed by atoms with E-state index in [1.165, 1.54) is 11.1 Å². The summed E-state index contributed by atoms with van der Waals surface area (Å²) in [6.07, 6.45) is 0. The minimum atomic E-state index is 0.0586. The number of nitrogens with one attached hydrogen (secondary N) is 2.